The zero-order chi connectivity index (χ0) is 10.0. The first-order valence-electron chi connectivity index (χ1n) is 3.78. The van der Waals surface area contributed by atoms with E-state index >= 15 is 0 Å². The third-order valence-electron chi connectivity index (χ3n) is 1.62. The van der Waals surface area contributed by atoms with E-state index < -0.39 is 0 Å². The van der Waals surface area contributed by atoms with E-state index in [1.54, 1.807) is 19.1 Å². The molecule has 0 radical (unpaired) electrons. The number of halogens is 1. The second kappa shape index (κ2) is 3.66. The molecule has 1 aromatic rings. The summed E-state index contributed by atoms with van der Waals surface area (Å²) in [5.74, 6) is -0.327. The van der Waals surface area contributed by atoms with Crippen molar-refractivity contribution in [1.82, 2.24) is 0 Å². The average molecular weight is 200 g/mol. The zero-order valence-electron chi connectivity index (χ0n) is 7.39. The van der Waals surface area contributed by atoms with Crippen molar-refractivity contribution in [2.45, 2.75) is 13.8 Å². The third-order valence-corrected chi connectivity index (χ3v) is 2.10. The molecular weight excluding hydrogens is 190 g/mol. The van der Waals surface area contributed by atoms with E-state index in [-0.39, 0.29) is 16.7 Å². The predicted octanol–water partition coefficient (Wildman–Crippen LogP) is 2.31. The average Bonchev–Trinajstić information content (AvgIpc) is 2.06. The van der Waals surface area contributed by atoms with E-state index in [1.165, 1.54) is 6.92 Å². The fourth-order valence-electron chi connectivity index (χ4n) is 0.956. The van der Waals surface area contributed by atoms with Crippen LogP contribution in [0.4, 0.5) is 5.69 Å². The second-order valence-electron chi connectivity index (χ2n) is 2.77. The van der Waals surface area contributed by atoms with Gasteiger partial charge in [0.1, 0.15) is 0 Å². The number of hydrogen-bond acceptors (Lipinski definition) is 2. The molecule has 0 aliphatic rings. The van der Waals surface area contributed by atoms with Gasteiger partial charge < -0.3 is 10.4 Å². The first kappa shape index (κ1) is 9.86. The van der Waals surface area contributed by atoms with Crippen molar-refractivity contribution >= 4 is 23.2 Å². The molecule has 0 aliphatic carbocycles. The maximum atomic E-state index is 10.7. The van der Waals surface area contributed by atoms with E-state index in [0.29, 0.717) is 5.69 Å². The smallest absolute Gasteiger partial charge is 0.221 e. The summed E-state index contributed by atoms with van der Waals surface area (Å²) in [6, 6.07) is 3.34. The highest BCUT2D eigenvalue weighted by molar-refractivity contribution is 6.33. The maximum absolute atomic E-state index is 10.7. The lowest BCUT2D eigenvalue weighted by Crippen LogP contribution is -2.05. The number of hydrogen-bond donors (Lipinski definition) is 2. The number of aromatic hydroxyl groups is 1. The summed E-state index contributed by atoms with van der Waals surface area (Å²) in [7, 11) is 0. The molecule has 1 rings (SSSR count). The molecule has 0 aliphatic heterocycles. The Labute approximate surface area is 81.3 Å². The molecule has 0 bridgehead atoms. The summed E-state index contributed by atoms with van der Waals surface area (Å²) in [5.41, 5.74) is 1.11. The lowest BCUT2D eigenvalue weighted by molar-refractivity contribution is -0.114. The SMILES string of the molecule is CC(=O)Nc1ccc(C)c(Cl)c1O. The van der Waals surface area contributed by atoms with E-state index in [4.69, 9.17) is 11.6 Å². The zero-order valence-corrected chi connectivity index (χ0v) is 8.14. The fraction of sp³-hybridized carbons (Fsp3) is 0.222. The molecule has 2 N–H and O–H groups in total. The number of anilines is 1. The third kappa shape index (κ3) is 2.12. The van der Waals surface area contributed by atoms with Crippen molar-refractivity contribution in [3.05, 3.63) is 22.7 Å². The van der Waals surface area contributed by atoms with E-state index in [0.717, 1.165) is 5.56 Å². The van der Waals surface area contributed by atoms with Crippen molar-refractivity contribution in [1.29, 1.82) is 0 Å². The van der Waals surface area contributed by atoms with Gasteiger partial charge in [0.2, 0.25) is 5.91 Å². The first-order valence-corrected chi connectivity index (χ1v) is 4.16. The van der Waals surface area contributed by atoms with Crippen molar-refractivity contribution in [3.63, 3.8) is 0 Å². The van der Waals surface area contributed by atoms with Crippen molar-refractivity contribution in [2.24, 2.45) is 0 Å². The van der Waals surface area contributed by atoms with Crippen LogP contribution in [-0.4, -0.2) is 11.0 Å². The number of carbonyl (C=O) groups excluding carboxylic acids is 1. The van der Waals surface area contributed by atoms with Gasteiger partial charge in [-0.2, -0.15) is 0 Å². The number of phenols is 1. The van der Waals surface area contributed by atoms with Gasteiger partial charge in [-0.3, -0.25) is 4.79 Å². The summed E-state index contributed by atoms with van der Waals surface area (Å²) < 4.78 is 0. The molecule has 1 amide bonds. The summed E-state index contributed by atoms with van der Waals surface area (Å²) in [5, 5.41) is 12.2. The van der Waals surface area contributed by atoms with E-state index in [9.17, 15) is 9.90 Å². The van der Waals surface area contributed by atoms with Crippen LogP contribution in [0.5, 0.6) is 5.75 Å². The Bertz CT molecular complexity index is 350. The molecule has 0 spiro atoms. The van der Waals surface area contributed by atoms with Crippen LogP contribution in [0.3, 0.4) is 0 Å². The standard InChI is InChI=1S/C9H10ClNO2/c1-5-3-4-7(11-6(2)12)9(13)8(5)10/h3-4,13H,1-2H3,(H,11,12). The van der Waals surface area contributed by atoms with E-state index in [1.807, 2.05) is 0 Å². The molecule has 0 aromatic heterocycles. The van der Waals surface area contributed by atoms with Gasteiger partial charge in [-0.15, -0.1) is 0 Å². The van der Waals surface area contributed by atoms with Gasteiger partial charge in [0, 0.05) is 6.92 Å². The topological polar surface area (TPSA) is 49.3 Å². The van der Waals surface area contributed by atoms with Crippen molar-refractivity contribution in [2.75, 3.05) is 5.32 Å². The molecule has 0 heterocycles. The lowest BCUT2D eigenvalue weighted by atomic mass is 10.2. The molecule has 0 saturated carbocycles. The quantitative estimate of drug-likeness (QED) is 0.682. The summed E-state index contributed by atoms with van der Waals surface area (Å²) in [6.45, 7) is 3.15. The monoisotopic (exact) mass is 199 g/mol. The van der Waals surface area contributed by atoms with Gasteiger partial charge in [0.05, 0.1) is 10.7 Å². The van der Waals surface area contributed by atoms with Crippen LogP contribution >= 0.6 is 11.6 Å². The van der Waals surface area contributed by atoms with Gasteiger partial charge >= 0.3 is 0 Å². The second-order valence-corrected chi connectivity index (χ2v) is 3.15. The van der Waals surface area contributed by atoms with Crippen LogP contribution in [0.25, 0.3) is 0 Å². The minimum Gasteiger partial charge on any atom is -0.504 e. The van der Waals surface area contributed by atoms with Crippen LogP contribution in [0.2, 0.25) is 5.02 Å². The van der Waals surface area contributed by atoms with Crippen LogP contribution in [0.15, 0.2) is 12.1 Å². The molecule has 0 fully saturated rings. The highest BCUT2D eigenvalue weighted by Crippen LogP contribution is 2.33. The highest BCUT2D eigenvalue weighted by atomic mass is 35.5. The number of nitrogens with one attached hydrogen (secondary N) is 1. The molecular formula is C9H10ClNO2. The number of rotatable bonds is 1. The maximum Gasteiger partial charge on any atom is 0.221 e. The minimum atomic E-state index is -0.241. The Balaban J connectivity index is 3.10. The number of carbonyl (C=O) groups is 1. The molecule has 4 heteroatoms. The molecule has 70 valence electrons. The molecule has 13 heavy (non-hydrogen) atoms. The van der Waals surface area contributed by atoms with Gasteiger partial charge in [-0.25, -0.2) is 0 Å². The van der Waals surface area contributed by atoms with Gasteiger partial charge in [-0.05, 0) is 18.6 Å². The molecule has 3 nitrogen and oxygen atoms in total. The van der Waals surface area contributed by atoms with Crippen LogP contribution in [0, 0.1) is 6.92 Å². The number of amides is 1. The number of benzene rings is 1. The van der Waals surface area contributed by atoms with Gasteiger partial charge in [-0.1, -0.05) is 17.7 Å². The first-order chi connectivity index (χ1) is 6.02. The summed E-state index contributed by atoms with van der Waals surface area (Å²) in [4.78, 5) is 10.7. The number of phenolic OH excluding ortho intramolecular Hbond substituents is 1. The van der Waals surface area contributed by atoms with Crippen LogP contribution < -0.4 is 5.32 Å². The highest BCUT2D eigenvalue weighted by Gasteiger charge is 2.08. The van der Waals surface area contributed by atoms with Crippen molar-refractivity contribution in [3.8, 4) is 5.75 Å². The lowest BCUT2D eigenvalue weighted by Gasteiger charge is -2.07. The number of aryl methyl sites for hydroxylation is 1. The van der Waals surface area contributed by atoms with Crippen molar-refractivity contribution < 1.29 is 9.90 Å². The Hall–Kier alpha value is -1.22. The fourth-order valence-corrected chi connectivity index (χ4v) is 1.12. The van der Waals surface area contributed by atoms with Crippen LogP contribution in [-0.2, 0) is 4.79 Å². The normalized spacial score (nSPS) is 9.77. The van der Waals surface area contributed by atoms with E-state index in [2.05, 4.69) is 5.32 Å². The molecule has 0 saturated heterocycles. The van der Waals surface area contributed by atoms with Gasteiger partial charge in [0.15, 0.2) is 5.75 Å². The molecule has 0 unspecified atom stereocenters. The molecule has 0 atom stereocenters. The van der Waals surface area contributed by atoms with Crippen LogP contribution in [0.1, 0.15) is 12.5 Å². The Morgan fingerprint density at radius 3 is 2.69 bits per heavy atom. The van der Waals surface area contributed by atoms with Gasteiger partial charge in [0.25, 0.3) is 0 Å². The summed E-state index contributed by atoms with van der Waals surface area (Å²) >= 11 is 5.76. The Morgan fingerprint density at radius 1 is 1.54 bits per heavy atom. The minimum absolute atomic E-state index is 0.0862. The Kier molecular flexibility index (Phi) is 2.78. The predicted molar refractivity (Wildman–Crippen MR) is 52.2 cm³/mol. The Morgan fingerprint density at radius 2 is 2.15 bits per heavy atom. The summed E-state index contributed by atoms with van der Waals surface area (Å²) in [6.07, 6.45) is 0. The molecule has 1 aromatic carbocycles. The largest absolute Gasteiger partial charge is 0.504 e.